The molecule has 0 fully saturated rings. The molecule has 22 heavy (non-hydrogen) atoms. The highest BCUT2D eigenvalue weighted by Gasteiger charge is 2.23. The van der Waals surface area contributed by atoms with Gasteiger partial charge in [0.2, 0.25) is 0 Å². The van der Waals surface area contributed by atoms with E-state index in [1.807, 2.05) is 13.2 Å². The van der Waals surface area contributed by atoms with E-state index >= 15 is 0 Å². The smallest absolute Gasteiger partial charge is 0.285 e. The molecule has 1 aromatic carbocycles. The van der Waals surface area contributed by atoms with Crippen LogP contribution in [0, 0.1) is 16.0 Å². The number of amides is 1. The molecule has 0 aliphatic carbocycles. The van der Waals surface area contributed by atoms with Crippen LogP contribution in [0.4, 0.5) is 5.69 Å². The highest BCUT2D eigenvalue weighted by molar-refractivity contribution is 7.98. The van der Waals surface area contributed by atoms with Crippen LogP contribution in [0.5, 0.6) is 5.75 Å². The van der Waals surface area contributed by atoms with Gasteiger partial charge < -0.3 is 15.8 Å². The van der Waals surface area contributed by atoms with Crippen molar-refractivity contribution in [1.82, 2.24) is 5.32 Å². The maximum absolute atomic E-state index is 12.2. The van der Waals surface area contributed by atoms with Crippen molar-refractivity contribution in [2.75, 3.05) is 26.5 Å². The van der Waals surface area contributed by atoms with E-state index in [9.17, 15) is 14.9 Å². The van der Waals surface area contributed by atoms with Gasteiger partial charge in [0.15, 0.2) is 0 Å². The molecule has 1 rings (SSSR count). The number of nitro benzene ring substituents is 1. The van der Waals surface area contributed by atoms with E-state index < -0.39 is 10.8 Å². The van der Waals surface area contributed by atoms with Gasteiger partial charge in [0.1, 0.15) is 11.3 Å². The number of halogens is 1. The Bertz CT molecular complexity index is 542. The van der Waals surface area contributed by atoms with Crippen LogP contribution < -0.4 is 15.8 Å². The van der Waals surface area contributed by atoms with Gasteiger partial charge in [-0.1, -0.05) is 6.92 Å². The lowest BCUT2D eigenvalue weighted by atomic mass is 10.1. The van der Waals surface area contributed by atoms with Gasteiger partial charge in [0.05, 0.1) is 23.0 Å². The number of carbonyl (C=O) groups excluding carboxylic acids is 1. The summed E-state index contributed by atoms with van der Waals surface area (Å²) in [6, 6.07) is 2.75. The van der Waals surface area contributed by atoms with Crippen LogP contribution in [-0.4, -0.2) is 37.3 Å². The predicted octanol–water partition coefficient (Wildman–Crippen LogP) is 2.07. The zero-order valence-electron chi connectivity index (χ0n) is 12.6. The Kier molecular flexibility index (Phi) is 8.84. The lowest BCUT2D eigenvalue weighted by Crippen LogP contribution is -2.31. The number of ether oxygens (including phenoxy) is 1. The van der Waals surface area contributed by atoms with Gasteiger partial charge in [-0.3, -0.25) is 14.9 Å². The van der Waals surface area contributed by atoms with E-state index in [2.05, 4.69) is 5.32 Å². The molecule has 0 aliphatic rings. The number of nitrogens with zero attached hydrogens (tertiary/aromatic N) is 1. The molecule has 9 heteroatoms. The molecule has 3 N–H and O–H groups in total. The Morgan fingerprint density at radius 3 is 2.64 bits per heavy atom. The zero-order valence-corrected chi connectivity index (χ0v) is 14.3. The van der Waals surface area contributed by atoms with E-state index in [0.29, 0.717) is 23.7 Å². The molecule has 0 heterocycles. The van der Waals surface area contributed by atoms with E-state index in [1.165, 1.54) is 31.0 Å². The van der Waals surface area contributed by atoms with Gasteiger partial charge in [-0.25, -0.2) is 0 Å². The summed E-state index contributed by atoms with van der Waals surface area (Å²) in [4.78, 5) is 23.4. The third-order valence-electron chi connectivity index (χ3n) is 2.96. The standard InChI is InChI=1S/C13H19N3O4S.ClH/c1-8(6-14)7-15-13(17)9-4-12(21-3)11(20-2)5-10(9)16(18)19;/h4-5,8H,6-7,14H2,1-3H3,(H,15,17);1H. The monoisotopic (exact) mass is 349 g/mol. The molecule has 1 atom stereocenters. The Morgan fingerprint density at radius 2 is 2.18 bits per heavy atom. The van der Waals surface area contributed by atoms with Crippen LogP contribution in [0.2, 0.25) is 0 Å². The number of hydrogen-bond donors (Lipinski definition) is 2. The summed E-state index contributed by atoms with van der Waals surface area (Å²) in [5.41, 5.74) is 5.23. The lowest BCUT2D eigenvalue weighted by molar-refractivity contribution is -0.385. The second kappa shape index (κ2) is 9.50. The van der Waals surface area contributed by atoms with Crippen LogP contribution >= 0.6 is 24.2 Å². The van der Waals surface area contributed by atoms with Crippen molar-refractivity contribution in [2.45, 2.75) is 11.8 Å². The number of carbonyl (C=O) groups is 1. The van der Waals surface area contributed by atoms with E-state index in [4.69, 9.17) is 10.5 Å². The zero-order chi connectivity index (χ0) is 16.0. The van der Waals surface area contributed by atoms with E-state index in [1.54, 1.807) is 0 Å². The summed E-state index contributed by atoms with van der Waals surface area (Å²) in [6.07, 6.45) is 1.81. The SMILES string of the molecule is COc1cc([N+](=O)[O-])c(C(=O)NCC(C)CN)cc1SC.Cl. The van der Waals surface area contributed by atoms with Crippen LogP contribution in [0.25, 0.3) is 0 Å². The van der Waals surface area contributed by atoms with Gasteiger partial charge in [0, 0.05) is 6.54 Å². The molecule has 124 valence electrons. The molecular formula is C13H20ClN3O4S. The number of nitrogens with two attached hydrogens (primary N) is 1. The summed E-state index contributed by atoms with van der Waals surface area (Å²) in [6.45, 7) is 2.68. The highest BCUT2D eigenvalue weighted by Crippen LogP contribution is 2.34. The van der Waals surface area contributed by atoms with Crippen molar-refractivity contribution in [2.24, 2.45) is 11.7 Å². The number of methoxy groups -OCH3 is 1. The fraction of sp³-hybridized carbons (Fsp3) is 0.462. The first-order valence-corrected chi connectivity index (χ1v) is 7.55. The third-order valence-corrected chi connectivity index (χ3v) is 3.72. The average Bonchev–Trinajstić information content (AvgIpc) is 2.50. The Labute approximate surface area is 139 Å². The lowest BCUT2D eigenvalue weighted by Gasteiger charge is -2.12. The van der Waals surface area contributed by atoms with Gasteiger partial charge in [-0.15, -0.1) is 24.2 Å². The van der Waals surface area contributed by atoms with Crippen molar-refractivity contribution in [3.05, 3.63) is 27.8 Å². The summed E-state index contributed by atoms with van der Waals surface area (Å²) in [7, 11) is 1.43. The molecule has 1 aromatic rings. The summed E-state index contributed by atoms with van der Waals surface area (Å²) >= 11 is 1.35. The van der Waals surface area contributed by atoms with Crippen molar-refractivity contribution in [3.8, 4) is 5.75 Å². The summed E-state index contributed by atoms with van der Waals surface area (Å²) in [5, 5.41) is 13.8. The number of nitro groups is 1. The maximum Gasteiger partial charge on any atom is 0.285 e. The first-order valence-electron chi connectivity index (χ1n) is 6.33. The Balaban J connectivity index is 0.00000441. The number of hydrogen-bond acceptors (Lipinski definition) is 6. The third kappa shape index (κ3) is 5.04. The fourth-order valence-corrected chi connectivity index (χ4v) is 2.23. The minimum absolute atomic E-state index is 0. The maximum atomic E-state index is 12.2. The van der Waals surface area contributed by atoms with E-state index in [-0.39, 0.29) is 29.6 Å². The van der Waals surface area contributed by atoms with Gasteiger partial charge in [-0.05, 0) is 24.8 Å². The van der Waals surface area contributed by atoms with Gasteiger partial charge in [-0.2, -0.15) is 0 Å². The second-order valence-corrected chi connectivity index (χ2v) is 5.38. The first kappa shape index (κ1) is 20.5. The normalized spacial score (nSPS) is 11.3. The first-order chi connectivity index (χ1) is 9.94. The molecule has 0 bridgehead atoms. The molecule has 0 saturated heterocycles. The minimum Gasteiger partial charge on any atom is -0.495 e. The van der Waals surface area contributed by atoms with Crippen molar-refractivity contribution < 1.29 is 14.5 Å². The molecule has 0 radical (unpaired) electrons. The van der Waals surface area contributed by atoms with Crippen LogP contribution in [0.3, 0.4) is 0 Å². The second-order valence-electron chi connectivity index (χ2n) is 4.53. The molecule has 7 nitrogen and oxygen atoms in total. The topological polar surface area (TPSA) is 107 Å². The molecule has 1 amide bonds. The molecule has 0 aromatic heterocycles. The number of thioether (sulfide) groups is 1. The molecule has 1 unspecified atom stereocenters. The van der Waals surface area contributed by atoms with Crippen LogP contribution in [0.1, 0.15) is 17.3 Å². The number of benzene rings is 1. The number of rotatable bonds is 7. The predicted molar refractivity (Wildman–Crippen MR) is 89.2 cm³/mol. The van der Waals surface area contributed by atoms with Crippen molar-refractivity contribution in [1.29, 1.82) is 0 Å². The van der Waals surface area contributed by atoms with Gasteiger partial charge in [0.25, 0.3) is 11.6 Å². The van der Waals surface area contributed by atoms with Crippen molar-refractivity contribution >= 4 is 35.8 Å². The van der Waals surface area contributed by atoms with Crippen LogP contribution in [0.15, 0.2) is 17.0 Å². The molecule has 0 saturated carbocycles. The van der Waals surface area contributed by atoms with Crippen LogP contribution in [-0.2, 0) is 0 Å². The molecule has 0 spiro atoms. The fourth-order valence-electron chi connectivity index (χ4n) is 1.65. The van der Waals surface area contributed by atoms with E-state index in [0.717, 1.165) is 0 Å². The molecule has 0 aliphatic heterocycles. The van der Waals surface area contributed by atoms with Crippen molar-refractivity contribution in [3.63, 3.8) is 0 Å². The quantitative estimate of drug-likeness (QED) is 0.443. The highest BCUT2D eigenvalue weighted by atomic mass is 35.5. The number of nitrogens with one attached hydrogen (secondary N) is 1. The minimum atomic E-state index is -0.589. The summed E-state index contributed by atoms with van der Waals surface area (Å²) in [5.74, 6) is -0.00713. The summed E-state index contributed by atoms with van der Waals surface area (Å²) < 4.78 is 5.10. The average molecular weight is 350 g/mol. The molecular weight excluding hydrogens is 330 g/mol. The Morgan fingerprint density at radius 1 is 1.55 bits per heavy atom. The largest absolute Gasteiger partial charge is 0.495 e. The van der Waals surface area contributed by atoms with Gasteiger partial charge >= 0.3 is 0 Å². The Hall–Kier alpha value is -1.51.